The highest BCUT2D eigenvalue weighted by Gasteiger charge is 2.20. The average molecular weight is 554 g/mol. The average Bonchev–Trinajstić information content (AvgIpc) is 3.36. The van der Waals surface area contributed by atoms with Crippen LogP contribution in [0.3, 0.4) is 0 Å². The SMILES string of the molecule is N#CCOc1ccc(-c2cnc3c(Nc4ccc(C(=O)NCCCCCCN)c(Cl)c4)nccn23)c(F)c1F. The molecule has 0 radical (unpaired) electrons. The van der Waals surface area contributed by atoms with E-state index < -0.39 is 18.2 Å². The topological polar surface area (TPSA) is 130 Å². The van der Waals surface area contributed by atoms with Crippen LogP contribution in [0.5, 0.6) is 5.75 Å². The standard InChI is InChI=1S/C27H26ClF2N7O2/c28-20-15-17(5-6-18(20)27(38)34-11-4-2-1-3-9-31)36-25-26-35-16-21(37(26)13-12-33-25)19-7-8-22(39-14-10-32)24(30)23(19)29/h5-8,12-13,15-16H,1-4,9,11,14,31H2,(H,33,36)(H,34,38). The molecular formula is C27H26ClF2N7O2. The molecule has 0 aliphatic rings. The molecule has 202 valence electrons. The van der Waals surface area contributed by atoms with Crippen LogP contribution in [0.2, 0.25) is 5.02 Å². The molecule has 12 heteroatoms. The van der Waals surface area contributed by atoms with Crippen LogP contribution in [-0.4, -0.2) is 40.0 Å². The van der Waals surface area contributed by atoms with E-state index in [1.807, 2.05) is 0 Å². The third-order valence-corrected chi connectivity index (χ3v) is 6.25. The van der Waals surface area contributed by atoms with E-state index in [0.29, 0.717) is 35.8 Å². The Bertz CT molecular complexity index is 1520. The van der Waals surface area contributed by atoms with Crippen molar-refractivity contribution in [3.63, 3.8) is 0 Å². The Hall–Kier alpha value is -4.27. The highest BCUT2D eigenvalue weighted by atomic mass is 35.5. The molecule has 9 nitrogen and oxygen atoms in total. The Morgan fingerprint density at radius 1 is 1.13 bits per heavy atom. The van der Waals surface area contributed by atoms with Gasteiger partial charge in [0.1, 0.15) is 6.07 Å². The predicted molar refractivity (Wildman–Crippen MR) is 144 cm³/mol. The molecule has 0 aliphatic carbocycles. The predicted octanol–water partition coefficient (Wildman–Crippen LogP) is 5.22. The summed E-state index contributed by atoms with van der Waals surface area (Å²) in [5, 5.41) is 14.9. The van der Waals surface area contributed by atoms with Gasteiger partial charge in [0.25, 0.3) is 5.91 Å². The zero-order valence-corrected chi connectivity index (χ0v) is 21.6. The first-order valence-electron chi connectivity index (χ1n) is 12.3. The highest BCUT2D eigenvalue weighted by Crippen LogP contribution is 2.32. The maximum absolute atomic E-state index is 14.9. The molecule has 0 fully saturated rings. The molecule has 2 heterocycles. The number of halogens is 3. The lowest BCUT2D eigenvalue weighted by atomic mass is 10.1. The van der Waals surface area contributed by atoms with Crippen molar-refractivity contribution in [2.75, 3.05) is 25.0 Å². The van der Waals surface area contributed by atoms with Crippen molar-refractivity contribution in [3.05, 3.63) is 71.1 Å². The van der Waals surface area contributed by atoms with Gasteiger partial charge in [-0.1, -0.05) is 24.4 Å². The summed E-state index contributed by atoms with van der Waals surface area (Å²) in [6.07, 6.45) is 8.30. The van der Waals surface area contributed by atoms with E-state index in [1.54, 1.807) is 34.9 Å². The summed E-state index contributed by atoms with van der Waals surface area (Å²) in [4.78, 5) is 21.2. The molecule has 0 saturated heterocycles. The number of nitrogens with one attached hydrogen (secondary N) is 2. The van der Waals surface area contributed by atoms with E-state index in [1.165, 1.54) is 24.5 Å². The molecule has 0 saturated carbocycles. The van der Waals surface area contributed by atoms with E-state index in [4.69, 9.17) is 27.3 Å². The van der Waals surface area contributed by atoms with Crippen molar-refractivity contribution in [2.45, 2.75) is 25.7 Å². The number of anilines is 2. The molecule has 0 unspecified atom stereocenters. The number of imidazole rings is 1. The molecule has 2 aromatic carbocycles. The maximum atomic E-state index is 14.9. The van der Waals surface area contributed by atoms with Crippen molar-refractivity contribution >= 4 is 34.7 Å². The van der Waals surface area contributed by atoms with Crippen molar-refractivity contribution in [1.82, 2.24) is 19.7 Å². The number of carbonyl (C=O) groups is 1. The number of nitrogens with two attached hydrogens (primary N) is 1. The molecule has 0 spiro atoms. The number of hydrogen-bond acceptors (Lipinski definition) is 7. The molecule has 4 rings (SSSR count). The lowest BCUT2D eigenvalue weighted by Crippen LogP contribution is -2.24. The number of nitrogens with zero attached hydrogens (tertiary/aromatic N) is 4. The molecule has 0 bridgehead atoms. The van der Waals surface area contributed by atoms with Crippen LogP contribution >= 0.6 is 11.6 Å². The number of fused-ring (bicyclic) bond motifs is 1. The monoisotopic (exact) mass is 553 g/mol. The lowest BCUT2D eigenvalue weighted by molar-refractivity contribution is 0.0953. The summed E-state index contributed by atoms with van der Waals surface area (Å²) in [5.41, 5.74) is 6.98. The van der Waals surface area contributed by atoms with Gasteiger partial charge in [0, 0.05) is 30.2 Å². The minimum Gasteiger partial charge on any atom is -0.476 e. The van der Waals surface area contributed by atoms with Crippen molar-refractivity contribution in [1.29, 1.82) is 5.26 Å². The quantitative estimate of drug-likeness (QED) is 0.205. The number of unbranched alkanes of at least 4 members (excludes halogenated alkanes) is 3. The number of rotatable bonds is 12. The Labute approximate surface area is 228 Å². The van der Waals surface area contributed by atoms with Crippen molar-refractivity contribution in [3.8, 4) is 23.1 Å². The van der Waals surface area contributed by atoms with Gasteiger partial charge >= 0.3 is 0 Å². The van der Waals surface area contributed by atoms with Crippen LogP contribution in [0.15, 0.2) is 48.9 Å². The van der Waals surface area contributed by atoms with E-state index in [0.717, 1.165) is 25.7 Å². The molecular weight excluding hydrogens is 528 g/mol. The van der Waals surface area contributed by atoms with Crippen LogP contribution in [0.1, 0.15) is 36.0 Å². The van der Waals surface area contributed by atoms with Crippen LogP contribution in [-0.2, 0) is 0 Å². The Morgan fingerprint density at radius 3 is 2.72 bits per heavy atom. The van der Waals surface area contributed by atoms with E-state index >= 15 is 0 Å². The maximum Gasteiger partial charge on any atom is 0.252 e. The van der Waals surface area contributed by atoms with Gasteiger partial charge in [-0.3, -0.25) is 9.20 Å². The minimum absolute atomic E-state index is 0.0424. The number of amides is 1. The van der Waals surface area contributed by atoms with Gasteiger partial charge in [-0.25, -0.2) is 14.4 Å². The number of benzene rings is 2. The number of nitriles is 1. The van der Waals surface area contributed by atoms with Gasteiger partial charge in [0.05, 0.1) is 22.5 Å². The van der Waals surface area contributed by atoms with Crippen LogP contribution in [0.4, 0.5) is 20.3 Å². The number of ether oxygens (including phenoxy) is 1. The van der Waals surface area contributed by atoms with E-state index in [2.05, 4.69) is 20.6 Å². The fourth-order valence-electron chi connectivity index (χ4n) is 3.99. The molecule has 0 aliphatic heterocycles. The second-order valence-electron chi connectivity index (χ2n) is 8.58. The molecule has 0 atom stereocenters. The zero-order valence-electron chi connectivity index (χ0n) is 20.9. The van der Waals surface area contributed by atoms with Gasteiger partial charge in [0.15, 0.2) is 29.6 Å². The number of hydrogen-bond donors (Lipinski definition) is 3. The Kier molecular flexibility index (Phi) is 9.25. The smallest absolute Gasteiger partial charge is 0.252 e. The van der Waals surface area contributed by atoms with Gasteiger partial charge in [-0.05, 0) is 49.7 Å². The van der Waals surface area contributed by atoms with E-state index in [9.17, 15) is 13.6 Å². The normalized spacial score (nSPS) is 10.8. The third-order valence-electron chi connectivity index (χ3n) is 5.94. The molecule has 4 aromatic rings. The van der Waals surface area contributed by atoms with Gasteiger partial charge in [0.2, 0.25) is 5.82 Å². The molecule has 1 amide bonds. The van der Waals surface area contributed by atoms with Crippen molar-refractivity contribution in [2.24, 2.45) is 5.73 Å². The molecule has 4 N–H and O–H groups in total. The van der Waals surface area contributed by atoms with Gasteiger partial charge in [-0.2, -0.15) is 9.65 Å². The van der Waals surface area contributed by atoms with E-state index in [-0.39, 0.29) is 27.9 Å². The lowest BCUT2D eigenvalue weighted by Gasteiger charge is -2.11. The van der Waals surface area contributed by atoms with Gasteiger partial charge in [-0.15, -0.1) is 0 Å². The summed E-state index contributed by atoms with van der Waals surface area (Å²) < 4.78 is 35.8. The first-order valence-corrected chi connectivity index (χ1v) is 12.7. The number of carbonyl (C=O) groups excluding carboxylic acids is 1. The minimum atomic E-state index is -1.20. The first kappa shape index (κ1) is 27.8. The van der Waals surface area contributed by atoms with Crippen LogP contribution < -0.4 is 21.1 Å². The van der Waals surface area contributed by atoms with Gasteiger partial charge < -0.3 is 21.1 Å². The van der Waals surface area contributed by atoms with Crippen molar-refractivity contribution < 1.29 is 18.3 Å². The summed E-state index contributed by atoms with van der Waals surface area (Å²) in [6, 6.07) is 9.22. The summed E-state index contributed by atoms with van der Waals surface area (Å²) in [6.45, 7) is 0.812. The second-order valence-corrected chi connectivity index (χ2v) is 8.98. The first-order chi connectivity index (χ1) is 18.9. The summed E-state index contributed by atoms with van der Waals surface area (Å²) in [7, 11) is 0. The molecule has 2 aromatic heterocycles. The molecule has 39 heavy (non-hydrogen) atoms. The number of aromatic nitrogens is 3. The zero-order chi connectivity index (χ0) is 27.8. The Balaban J connectivity index is 1.50. The Morgan fingerprint density at radius 2 is 1.95 bits per heavy atom. The highest BCUT2D eigenvalue weighted by molar-refractivity contribution is 6.34. The van der Waals surface area contributed by atoms with Crippen LogP contribution in [0.25, 0.3) is 16.9 Å². The fourth-order valence-corrected chi connectivity index (χ4v) is 4.26. The summed E-state index contributed by atoms with van der Waals surface area (Å²) in [5.74, 6) is -2.61. The van der Waals surface area contributed by atoms with Crippen LogP contribution in [0, 0.1) is 23.0 Å². The largest absolute Gasteiger partial charge is 0.476 e. The summed E-state index contributed by atoms with van der Waals surface area (Å²) >= 11 is 6.39. The second kappa shape index (κ2) is 13.0. The fraction of sp³-hybridized carbons (Fsp3) is 0.259. The third kappa shape index (κ3) is 6.42.